The fourth-order valence-electron chi connectivity index (χ4n) is 10.8. The van der Waals surface area contributed by atoms with Gasteiger partial charge < -0.3 is 89.8 Å². The highest BCUT2D eigenvalue weighted by molar-refractivity contribution is 5.79. The molecule has 24 nitrogen and oxygen atoms in total. The molecule has 7 rings (SSSR count). The van der Waals surface area contributed by atoms with Crippen LogP contribution in [-0.4, -0.2) is 209 Å². The van der Waals surface area contributed by atoms with Crippen LogP contribution in [0.2, 0.25) is 0 Å². The Balaban J connectivity index is 1.08. The number of ether oxygens (including phenoxy) is 7. The molecule has 5 aliphatic rings. The Morgan fingerprint density at radius 1 is 0.827 bits per heavy atom. The average Bonchev–Trinajstić information content (AvgIpc) is 3.88. The molecule has 2 amide bonds. The molecule has 2 aromatic rings. The number of carboxylic acid groups (broad SMARTS) is 1. The van der Waals surface area contributed by atoms with E-state index in [4.69, 9.17) is 33.2 Å². The third-order valence-electron chi connectivity index (χ3n) is 15.0. The summed E-state index contributed by atoms with van der Waals surface area (Å²) in [6, 6.07) is -1.44. The van der Waals surface area contributed by atoms with E-state index in [0.717, 1.165) is 43.0 Å². The van der Waals surface area contributed by atoms with Gasteiger partial charge >= 0.3 is 5.97 Å². The van der Waals surface area contributed by atoms with E-state index < -0.39 is 171 Å². The normalized spacial score (nSPS) is 37.2. The van der Waals surface area contributed by atoms with Crippen LogP contribution in [0.1, 0.15) is 84.6 Å². The number of hydrogen-bond donors (Lipinski definition) is 11. The Morgan fingerprint density at radius 2 is 1.49 bits per heavy atom. The van der Waals surface area contributed by atoms with E-state index in [1.165, 1.54) is 13.8 Å². The second-order valence-electron chi connectivity index (χ2n) is 20.1. The van der Waals surface area contributed by atoms with Crippen molar-refractivity contribution in [3.8, 4) is 11.3 Å². The molecule has 11 N–H and O–H groups in total. The molecule has 1 aromatic carbocycles. The van der Waals surface area contributed by atoms with Gasteiger partial charge in [-0.3, -0.25) is 9.59 Å². The Bertz CT molecular complexity index is 2190. The zero-order chi connectivity index (χ0) is 54.4. The van der Waals surface area contributed by atoms with E-state index in [-0.39, 0.29) is 49.6 Å². The van der Waals surface area contributed by atoms with Crippen molar-refractivity contribution in [3.63, 3.8) is 0 Å². The second kappa shape index (κ2) is 26.1. The van der Waals surface area contributed by atoms with Crippen molar-refractivity contribution in [2.75, 3.05) is 26.4 Å². The number of aliphatic hydroxyl groups excluding tert-OH is 8. The zero-order valence-corrected chi connectivity index (χ0v) is 41.6. The quantitative estimate of drug-likeness (QED) is 0.0554. The number of benzene rings is 1. The van der Waals surface area contributed by atoms with Crippen LogP contribution < -0.4 is 10.6 Å². The summed E-state index contributed by atoms with van der Waals surface area (Å²) in [5.41, 5.74) is -0.349. The maximum atomic E-state index is 14.1. The molecule has 27 heteroatoms. The molecule has 0 spiro atoms. The van der Waals surface area contributed by atoms with E-state index in [0.29, 0.717) is 18.6 Å². The van der Waals surface area contributed by atoms with E-state index in [1.54, 1.807) is 6.92 Å². The van der Waals surface area contributed by atoms with Gasteiger partial charge in [-0.05, 0) is 50.2 Å². The molecule has 20 atom stereocenters. The van der Waals surface area contributed by atoms with Gasteiger partial charge in [0.1, 0.15) is 72.7 Å². The largest absolute Gasteiger partial charge is 0.479 e. The molecule has 1 aromatic heterocycles. The van der Waals surface area contributed by atoms with Crippen molar-refractivity contribution in [1.82, 2.24) is 25.6 Å². The first-order valence-electron chi connectivity index (χ1n) is 25.4. The highest BCUT2D eigenvalue weighted by Crippen LogP contribution is 2.40. The lowest BCUT2D eigenvalue weighted by Gasteiger charge is -2.49. The molecular formula is C48H70F3N5O19. The highest BCUT2D eigenvalue weighted by Gasteiger charge is 2.53. The molecule has 75 heavy (non-hydrogen) atoms. The van der Waals surface area contributed by atoms with Gasteiger partial charge in [-0.2, -0.15) is 0 Å². The van der Waals surface area contributed by atoms with Crippen LogP contribution in [0, 0.1) is 35.2 Å². The Morgan fingerprint density at radius 3 is 2.13 bits per heavy atom. The minimum absolute atomic E-state index is 0.0181. The van der Waals surface area contributed by atoms with Gasteiger partial charge in [0.15, 0.2) is 42.4 Å². The van der Waals surface area contributed by atoms with Crippen molar-refractivity contribution in [2.24, 2.45) is 17.8 Å². The van der Waals surface area contributed by atoms with Crippen molar-refractivity contribution in [2.45, 2.75) is 189 Å². The highest BCUT2D eigenvalue weighted by atomic mass is 19.2. The number of aromatic nitrogens is 3. The van der Waals surface area contributed by atoms with E-state index in [2.05, 4.69) is 20.9 Å². The molecule has 3 aliphatic heterocycles. The first-order chi connectivity index (χ1) is 35.7. The van der Waals surface area contributed by atoms with Crippen LogP contribution in [0.15, 0.2) is 18.3 Å². The van der Waals surface area contributed by atoms with Crippen molar-refractivity contribution < 1.29 is 107 Å². The van der Waals surface area contributed by atoms with Crippen molar-refractivity contribution >= 4 is 17.8 Å². The van der Waals surface area contributed by atoms with Gasteiger partial charge in [-0.1, -0.05) is 50.7 Å². The third kappa shape index (κ3) is 13.6. The number of hydrogen-bond acceptors (Lipinski definition) is 20. The molecule has 0 radical (unpaired) electrons. The topological polar surface area (TPSA) is 353 Å². The SMILES string of the molecule is CCC1CC(C(=O)NCCO[C@H]2OC(CO)[C@@H](O)C(n3cc(-c4cc(F)c(F)c(F)c4)nn3)C2O)C[C@@H](O[C@@H]2OC(CO)[C@H](O)C(O[C@@H](CC3CCCCC3)C(=O)O)C2NC(C)=O)C1O[C@@H]1OC(C)[C@@H](O)C(O)C1O. The first-order valence-corrected chi connectivity index (χ1v) is 25.4. The number of halogens is 3. The van der Waals surface area contributed by atoms with Crippen LogP contribution in [0.5, 0.6) is 0 Å². The summed E-state index contributed by atoms with van der Waals surface area (Å²) in [5.74, 6) is -8.58. The lowest BCUT2D eigenvalue weighted by molar-refractivity contribution is -0.338. The lowest BCUT2D eigenvalue weighted by Crippen LogP contribution is -2.67. The lowest BCUT2D eigenvalue weighted by atomic mass is 9.75. The number of carboxylic acids is 1. The molecule has 422 valence electrons. The minimum Gasteiger partial charge on any atom is -0.479 e. The fraction of sp³-hybridized carbons (Fsp3) is 0.771. The number of nitrogens with one attached hydrogen (secondary N) is 2. The van der Waals surface area contributed by atoms with Crippen LogP contribution in [0.3, 0.4) is 0 Å². The standard InChI is InChI=1S/C48H70F3N5O19/c1-4-23-13-25(44(66)52-10-11-69-47-39(63)35(37(61)31(18-57)74-47)56-17-28(54-55-56)24-14-26(49)33(51)27(50)15-24)16-29(42(23)75-48-41(65)40(64)36(60)20(2)70-48)72-46-34(53-21(3)59)43(38(62)32(19-58)73-46)71-30(45(67)68)12-22-8-6-5-7-9-22/h14-15,17,20,22-23,25,29-32,34-43,46-48,57-58,60-65H,4-13,16,18-19H2,1-3H3,(H,52,66)(H,53,59)(H,67,68)/t20?,23?,25?,29-,30+,31?,32?,34?,35?,36-,37-,38+,39?,40?,41?,42?,43?,46-,47+,48+/m1/s1. The molecule has 3 saturated heterocycles. The summed E-state index contributed by atoms with van der Waals surface area (Å²) in [6.45, 7) is 2.37. The third-order valence-corrected chi connectivity index (χ3v) is 15.0. The number of carbonyl (C=O) groups is 3. The maximum Gasteiger partial charge on any atom is 0.332 e. The fourth-order valence-corrected chi connectivity index (χ4v) is 10.8. The number of amides is 2. The Hall–Kier alpha value is -4.04. The summed E-state index contributed by atoms with van der Waals surface area (Å²) in [7, 11) is 0. The maximum absolute atomic E-state index is 14.1. The van der Waals surface area contributed by atoms with E-state index >= 15 is 0 Å². The number of rotatable bonds is 20. The van der Waals surface area contributed by atoms with E-state index in [9.17, 15) is 73.5 Å². The van der Waals surface area contributed by atoms with Crippen LogP contribution in [0.4, 0.5) is 13.2 Å². The van der Waals surface area contributed by atoms with Crippen molar-refractivity contribution in [1.29, 1.82) is 0 Å². The number of aliphatic carboxylic acids is 1. The van der Waals surface area contributed by atoms with Crippen LogP contribution >= 0.6 is 0 Å². The van der Waals surface area contributed by atoms with Crippen molar-refractivity contribution in [3.05, 3.63) is 35.8 Å². The molecule has 2 aliphatic carbocycles. The Labute approximate surface area is 429 Å². The molecule has 12 unspecified atom stereocenters. The average molecular weight is 1080 g/mol. The summed E-state index contributed by atoms with van der Waals surface area (Å²) >= 11 is 0. The predicted octanol–water partition coefficient (Wildman–Crippen LogP) is -1.10. The minimum atomic E-state index is -1.75. The van der Waals surface area contributed by atoms with Crippen LogP contribution in [-0.2, 0) is 47.5 Å². The summed E-state index contributed by atoms with van der Waals surface area (Å²) in [4.78, 5) is 39.7. The zero-order valence-electron chi connectivity index (χ0n) is 41.6. The second-order valence-corrected chi connectivity index (χ2v) is 20.1. The number of aliphatic hydroxyl groups is 8. The number of carbonyl (C=O) groups excluding carboxylic acids is 2. The van der Waals surface area contributed by atoms with Gasteiger partial charge in [0.05, 0.1) is 44.3 Å². The molecule has 2 saturated carbocycles. The Kier molecular flexibility index (Phi) is 20.4. The van der Waals surface area contributed by atoms with Gasteiger partial charge in [-0.15, -0.1) is 5.10 Å². The predicted molar refractivity (Wildman–Crippen MR) is 247 cm³/mol. The smallest absolute Gasteiger partial charge is 0.332 e. The first kappa shape index (κ1) is 58.6. The van der Waals surface area contributed by atoms with E-state index in [1.807, 2.05) is 0 Å². The number of nitrogens with zero attached hydrogens (tertiary/aromatic N) is 3. The van der Waals surface area contributed by atoms with Gasteiger partial charge in [-0.25, -0.2) is 22.6 Å². The molecule has 4 heterocycles. The van der Waals surface area contributed by atoms with Gasteiger partial charge in [0.2, 0.25) is 11.8 Å². The summed E-state index contributed by atoms with van der Waals surface area (Å²) < 4.78 is 85.2. The van der Waals surface area contributed by atoms with Gasteiger partial charge in [0.25, 0.3) is 0 Å². The van der Waals surface area contributed by atoms with Gasteiger partial charge in [0, 0.05) is 24.9 Å². The molecular weight excluding hydrogens is 1010 g/mol. The van der Waals surface area contributed by atoms with Crippen LogP contribution in [0.25, 0.3) is 11.3 Å². The summed E-state index contributed by atoms with van der Waals surface area (Å²) in [5, 5.41) is 110. The molecule has 5 fully saturated rings. The summed E-state index contributed by atoms with van der Waals surface area (Å²) in [6.07, 6.45) is -17.6. The molecule has 0 bridgehead atoms. The monoisotopic (exact) mass is 1080 g/mol.